The van der Waals surface area contributed by atoms with Gasteiger partial charge in [-0.1, -0.05) is 24.3 Å². The largest absolute Gasteiger partial charge is 0.272 e. The molecule has 1 heterocycles. The molecule has 0 radical (unpaired) electrons. The summed E-state index contributed by atoms with van der Waals surface area (Å²) in [6.45, 7) is 3.76. The molecule has 2 nitrogen and oxygen atoms in total. The third kappa shape index (κ3) is 1.27. The van der Waals surface area contributed by atoms with Gasteiger partial charge in [-0.2, -0.15) is 5.26 Å². The van der Waals surface area contributed by atoms with E-state index in [1.54, 1.807) is 4.90 Å². The highest BCUT2D eigenvalue weighted by Crippen LogP contribution is 2.29. The van der Waals surface area contributed by atoms with Crippen LogP contribution in [0.4, 0.5) is 5.69 Å². The number of hydrogen-bond acceptors (Lipinski definition) is 2. The zero-order chi connectivity index (χ0) is 9.97. The fourth-order valence-corrected chi connectivity index (χ4v) is 1.92. The van der Waals surface area contributed by atoms with Crippen LogP contribution in [-0.4, -0.2) is 6.04 Å². The monoisotopic (exact) mass is 184 g/mol. The van der Waals surface area contributed by atoms with E-state index in [1.807, 2.05) is 24.3 Å². The Hall–Kier alpha value is -1.75. The van der Waals surface area contributed by atoms with Gasteiger partial charge in [0.1, 0.15) is 0 Å². The average molecular weight is 184 g/mol. The van der Waals surface area contributed by atoms with Crippen LogP contribution < -0.4 is 4.90 Å². The van der Waals surface area contributed by atoms with Crippen LogP contribution >= 0.6 is 0 Å². The number of anilines is 1. The molecule has 0 fully saturated rings. The molecule has 2 heteroatoms. The summed E-state index contributed by atoms with van der Waals surface area (Å²) in [6, 6.07) is 8.22. The fourth-order valence-electron chi connectivity index (χ4n) is 1.92. The van der Waals surface area contributed by atoms with Crippen LogP contribution in [0.5, 0.6) is 0 Å². The highest BCUT2D eigenvalue weighted by atomic mass is 15.2. The van der Waals surface area contributed by atoms with Crippen LogP contribution in [0.2, 0.25) is 0 Å². The van der Waals surface area contributed by atoms with Crippen molar-refractivity contribution in [1.29, 1.82) is 5.26 Å². The summed E-state index contributed by atoms with van der Waals surface area (Å²) >= 11 is 0. The molecule has 1 atom stereocenters. The molecule has 1 aromatic carbocycles. The Balaban J connectivity index is 2.45. The topological polar surface area (TPSA) is 27.0 Å². The lowest BCUT2D eigenvalue weighted by atomic mass is 9.96. The van der Waals surface area contributed by atoms with E-state index >= 15 is 0 Å². The lowest BCUT2D eigenvalue weighted by Crippen LogP contribution is -2.33. The summed E-state index contributed by atoms with van der Waals surface area (Å²) in [5.41, 5.74) is 2.29. The van der Waals surface area contributed by atoms with Crippen molar-refractivity contribution in [1.82, 2.24) is 0 Å². The number of para-hydroxylation sites is 1. The van der Waals surface area contributed by atoms with E-state index < -0.39 is 0 Å². The molecule has 0 bridgehead atoms. The summed E-state index contributed by atoms with van der Waals surface area (Å²) in [6.07, 6.45) is 6.08. The molecule has 14 heavy (non-hydrogen) atoms. The second-order valence-electron chi connectivity index (χ2n) is 3.44. The molecule has 0 aliphatic carbocycles. The van der Waals surface area contributed by atoms with Crippen molar-refractivity contribution in [2.45, 2.75) is 18.9 Å². The molecule has 70 valence electrons. The molecule has 1 aromatic rings. The van der Waals surface area contributed by atoms with Gasteiger partial charge in [-0.25, -0.2) is 0 Å². The molecule has 1 aliphatic rings. The Morgan fingerprint density at radius 1 is 1.50 bits per heavy atom. The lowest BCUT2D eigenvalue weighted by Gasteiger charge is -2.30. The second kappa shape index (κ2) is 3.55. The standard InChI is InChI=1S/C12H12N2/c1-2-11-8-7-10-5-3-4-6-12(10)14(11)9-13/h2-6,11H,1,7-8H2. The summed E-state index contributed by atoms with van der Waals surface area (Å²) < 4.78 is 0. The molecule has 0 amide bonds. The normalized spacial score (nSPS) is 19.6. The maximum atomic E-state index is 9.07. The first kappa shape index (κ1) is 8.83. The van der Waals surface area contributed by atoms with Crippen LogP contribution in [0.25, 0.3) is 0 Å². The molecule has 0 saturated carbocycles. The molecule has 0 N–H and O–H groups in total. The number of fused-ring (bicyclic) bond motifs is 1. The molecule has 0 saturated heterocycles. The number of aryl methyl sites for hydroxylation is 1. The van der Waals surface area contributed by atoms with E-state index in [-0.39, 0.29) is 6.04 Å². The zero-order valence-electron chi connectivity index (χ0n) is 7.98. The third-order valence-corrected chi connectivity index (χ3v) is 2.67. The maximum Gasteiger partial charge on any atom is 0.184 e. The third-order valence-electron chi connectivity index (χ3n) is 2.67. The molecule has 1 aliphatic heterocycles. The van der Waals surface area contributed by atoms with Crippen LogP contribution in [0.3, 0.4) is 0 Å². The van der Waals surface area contributed by atoms with E-state index in [2.05, 4.69) is 18.8 Å². The lowest BCUT2D eigenvalue weighted by molar-refractivity contribution is 0.668. The molecule has 0 aromatic heterocycles. The van der Waals surface area contributed by atoms with Gasteiger partial charge in [0.25, 0.3) is 0 Å². The number of rotatable bonds is 1. The Labute approximate surface area is 84.1 Å². The molecule has 1 unspecified atom stereocenters. The van der Waals surface area contributed by atoms with E-state index in [4.69, 9.17) is 5.26 Å². The van der Waals surface area contributed by atoms with Crippen molar-refractivity contribution in [3.8, 4) is 6.19 Å². The number of benzene rings is 1. The zero-order valence-corrected chi connectivity index (χ0v) is 7.98. The first-order valence-corrected chi connectivity index (χ1v) is 4.76. The van der Waals surface area contributed by atoms with Gasteiger partial charge in [0.05, 0.1) is 11.7 Å². The van der Waals surface area contributed by atoms with Crippen molar-refractivity contribution in [2.24, 2.45) is 0 Å². The van der Waals surface area contributed by atoms with Gasteiger partial charge in [0.15, 0.2) is 6.19 Å². The number of nitriles is 1. The van der Waals surface area contributed by atoms with Gasteiger partial charge >= 0.3 is 0 Å². The van der Waals surface area contributed by atoms with Gasteiger partial charge < -0.3 is 0 Å². The minimum Gasteiger partial charge on any atom is -0.272 e. The Morgan fingerprint density at radius 2 is 2.29 bits per heavy atom. The average Bonchev–Trinajstić information content (AvgIpc) is 2.27. The van der Waals surface area contributed by atoms with Crippen molar-refractivity contribution in [3.63, 3.8) is 0 Å². The van der Waals surface area contributed by atoms with Crippen molar-refractivity contribution < 1.29 is 0 Å². The van der Waals surface area contributed by atoms with E-state index in [0.29, 0.717) is 0 Å². The van der Waals surface area contributed by atoms with Crippen LogP contribution in [0, 0.1) is 11.5 Å². The van der Waals surface area contributed by atoms with Gasteiger partial charge in [0, 0.05) is 0 Å². The highest BCUT2D eigenvalue weighted by molar-refractivity contribution is 5.60. The van der Waals surface area contributed by atoms with Gasteiger partial charge in [-0.05, 0) is 24.5 Å². The van der Waals surface area contributed by atoms with E-state index in [1.165, 1.54) is 5.56 Å². The van der Waals surface area contributed by atoms with Gasteiger partial charge in [-0.15, -0.1) is 6.58 Å². The summed E-state index contributed by atoms with van der Waals surface area (Å²) in [5.74, 6) is 0. The number of nitrogens with zero attached hydrogens (tertiary/aromatic N) is 2. The first-order chi connectivity index (χ1) is 6.86. The minimum atomic E-state index is 0.162. The minimum absolute atomic E-state index is 0.162. The van der Waals surface area contributed by atoms with Crippen LogP contribution in [0.1, 0.15) is 12.0 Å². The molecule has 2 rings (SSSR count). The number of hydrogen-bond donors (Lipinski definition) is 0. The maximum absolute atomic E-state index is 9.07. The Bertz CT molecular complexity index is 390. The fraction of sp³-hybridized carbons (Fsp3) is 0.250. The SMILES string of the molecule is C=CC1CCc2ccccc2N1C#N. The van der Waals surface area contributed by atoms with Crippen molar-refractivity contribution >= 4 is 5.69 Å². The Kier molecular flexibility index (Phi) is 2.24. The van der Waals surface area contributed by atoms with Gasteiger partial charge in [-0.3, -0.25) is 4.90 Å². The van der Waals surface area contributed by atoms with Crippen LogP contribution in [-0.2, 0) is 6.42 Å². The predicted octanol–water partition coefficient (Wildman–Crippen LogP) is 2.47. The first-order valence-electron chi connectivity index (χ1n) is 4.76. The second-order valence-corrected chi connectivity index (χ2v) is 3.44. The highest BCUT2D eigenvalue weighted by Gasteiger charge is 2.23. The summed E-state index contributed by atoms with van der Waals surface area (Å²) in [4.78, 5) is 1.74. The van der Waals surface area contributed by atoms with Crippen LogP contribution in [0.15, 0.2) is 36.9 Å². The molecular weight excluding hydrogens is 172 g/mol. The Morgan fingerprint density at radius 3 is 3.00 bits per heavy atom. The van der Waals surface area contributed by atoms with Gasteiger partial charge in [0.2, 0.25) is 0 Å². The smallest absolute Gasteiger partial charge is 0.184 e. The summed E-state index contributed by atoms with van der Waals surface area (Å²) in [7, 11) is 0. The predicted molar refractivity (Wildman–Crippen MR) is 56.8 cm³/mol. The summed E-state index contributed by atoms with van der Waals surface area (Å²) in [5, 5.41) is 9.07. The molecular formula is C12H12N2. The van der Waals surface area contributed by atoms with E-state index in [9.17, 15) is 0 Å². The van der Waals surface area contributed by atoms with E-state index in [0.717, 1.165) is 18.5 Å². The van der Waals surface area contributed by atoms with Crippen molar-refractivity contribution in [3.05, 3.63) is 42.5 Å². The van der Waals surface area contributed by atoms with Crippen molar-refractivity contribution in [2.75, 3.05) is 4.90 Å². The quantitative estimate of drug-likeness (QED) is 0.495. The molecule has 0 spiro atoms.